The van der Waals surface area contributed by atoms with Crippen LogP contribution in [-0.2, 0) is 13.0 Å². The fourth-order valence-corrected chi connectivity index (χ4v) is 4.44. The van der Waals surface area contributed by atoms with E-state index in [2.05, 4.69) is 56.0 Å². The Balaban J connectivity index is 1.50. The molecule has 144 valence electrons. The molecular formula is C24H31NO2. The van der Waals surface area contributed by atoms with Gasteiger partial charge in [0.05, 0.1) is 6.61 Å². The molecule has 3 nitrogen and oxygen atoms in total. The van der Waals surface area contributed by atoms with Crippen molar-refractivity contribution in [3.8, 4) is 16.9 Å². The Kier molecular flexibility index (Phi) is 4.77. The van der Waals surface area contributed by atoms with E-state index in [0.29, 0.717) is 0 Å². The van der Waals surface area contributed by atoms with E-state index in [1.807, 2.05) is 12.1 Å². The van der Waals surface area contributed by atoms with E-state index in [4.69, 9.17) is 4.74 Å². The van der Waals surface area contributed by atoms with E-state index in [1.165, 1.54) is 16.7 Å². The molecule has 0 bridgehead atoms. The number of aliphatic hydroxyl groups excluding tert-OH is 1. The van der Waals surface area contributed by atoms with E-state index in [1.54, 1.807) is 0 Å². The lowest BCUT2D eigenvalue weighted by Crippen LogP contribution is -2.54. The predicted molar refractivity (Wildman–Crippen MR) is 110 cm³/mol. The number of nitrogens with zero attached hydrogens (tertiary/aromatic N) is 1. The number of hydrogen-bond donors (Lipinski definition) is 1. The van der Waals surface area contributed by atoms with Crippen LogP contribution < -0.4 is 4.74 Å². The van der Waals surface area contributed by atoms with Crippen LogP contribution in [0, 0.1) is 0 Å². The molecule has 2 aromatic rings. The smallest absolute Gasteiger partial charge is 0.123 e. The van der Waals surface area contributed by atoms with E-state index >= 15 is 0 Å². The van der Waals surface area contributed by atoms with Crippen molar-refractivity contribution in [1.29, 1.82) is 0 Å². The van der Waals surface area contributed by atoms with Crippen molar-refractivity contribution in [2.75, 3.05) is 13.1 Å². The van der Waals surface area contributed by atoms with Crippen LogP contribution in [0.4, 0.5) is 0 Å². The van der Waals surface area contributed by atoms with E-state index in [9.17, 15) is 5.11 Å². The van der Waals surface area contributed by atoms with Crippen LogP contribution in [0.25, 0.3) is 11.1 Å². The molecule has 0 saturated carbocycles. The summed E-state index contributed by atoms with van der Waals surface area (Å²) < 4.78 is 6.59. The molecule has 1 N–H and O–H groups in total. The van der Waals surface area contributed by atoms with Crippen LogP contribution in [0.15, 0.2) is 42.5 Å². The third-order valence-corrected chi connectivity index (χ3v) is 6.33. The summed E-state index contributed by atoms with van der Waals surface area (Å²) in [4.78, 5) is 2.58. The Hall–Kier alpha value is -1.84. The number of piperidine rings is 1. The van der Waals surface area contributed by atoms with Gasteiger partial charge in [0.25, 0.3) is 0 Å². The van der Waals surface area contributed by atoms with Crippen LogP contribution in [-0.4, -0.2) is 34.2 Å². The van der Waals surface area contributed by atoms with Gasteiger partial charge in [-0.05, 0) is 80.8 Å². The summed E-state index contributed by atoms with van der Waals surface area (Å²) in [6.45, 7) is 9.24. The number of aryl methyl sites for hydroxylation is 1. The number of benzene rings is 2. The molecule has 1 saturated heterocycles. The van der Waals surface area contributed by atoms with Gasteiger partial charge in [-0.2, -0.15) is 0 Å². The van der Waals surface area contributed by atoms with Gasteiger partial charge in [0, 0.05) is 18.6 Å². The maximum Gasteiger partial charge on any atom is 0.123 e. The number of hydrogen-bond acceptors (Lipinski definition) is 3. The lowest BCUT2D eigenvalue weighted by molar-refractivity contribution is -0.0355. The molecule has 0 aliphatic carbocycles. The average Bonchev–Trinajstić information content (AvgIpc) is 2.67. The Morgan fingerprint density at radius 1 is 0.963 bits per heavy atom. The first kappa shape index (κ1) is 18.5. The SMILES string of the molecule is CC(C)(C)N1CCC2(CCc3cc(-c4ccc(CO)cc4)ccc3O2)CC1. The fraction of sp³-hybridized carbons (Fsp3) is 0.500. The molecule has 1 spiro atoms. The predicted octanol–water partition coefficient (Wildman–Crippen LogP) is 4.80. The van der Waals surface area contributed by atoms with Crippen molar-refractivity contribution in [3.63, 3.8) is 0 Å². The highest BCUT2D eigenvalue weighted by Crippen LogP contribution is 2.41. The van der Waals surface area contributed by atoms with Gasteiger partial charge in [-0.15, -0.1) is 0 Å². The molecule has 0 radical (unpaired) electrons. The fourth-order valence-electron chi connectivity index (χ4n) is 4.44. The average molecular weight is 366 g/mol. The zero-order valence-electron chi connectivity index (χ0n) is 16.8. The summed E-state index contributed by atoms with van der Waals surface area (Å²) in [5, 5.41) is 9.22. The van der Waals surface area contributed by atoms with Crippen molar-refractivity contribution in [2.45, 2.75) is 64.2 Å². The summed E-state index contributed by atoms with van der Waals surface area (Å²) >= 11 is 0. The van der Waals surface area contributed by atoms with Gasteiger partial charge in [-0.1, -0.05) is 30.3 Å². The number of ether oxygens (including phenoxy) is 1. The molecular weight excluding hydrogens is 334 g/mol. The Bertz CT molecular complexity index is 796. The van der Waals surface area contributed by atoms with Crippen LogP contribution in [0.3, 0.4) is 0 Å². The minimum Gasteiger partial charge on any atom is -0.487 e. The van der Waals surface area contributed by atoms with Crippen LogP contribution in [0.2, 0.25) is 0 Å². The zero-order chi connectivity index (χ0) is 19.1. The minimum absolute atomic E-state index is 0.0268. The second-order valence-electron chi connectivity index (χ2n) is 9.12. The van der Waals surface area contributed by atoms with Crippen LogP contribution >= 0.6 is 0 Å². The Morgan fingerprint density at radius 2 is 1.63 bits per heavy atom. The lowest BCUT2D eigenvalue weighted by atomic mass is 9.81. The van der Waals surface area contributed by atoms with Crippen molar-refractivity contribution >= 4 is 0 Å². The minimum atomic E-state index is 0.0268. The monoisotopic (exact) mass is 365 g/mol. The first-order valence-electron chi connectivity index (χ1n) is 10.2. The molecule has 2 aromatic carbocycles. The van der Waals surface area contributed by atoms with Gasteiger partial charge >= 0.3 is 0 Å². The highest BCUT2D eigenvalue weighted by Gasteiger charge is 2.41. The zero-order valence-corrected chi connectivity index (χ0v) is 16.8. The standard InChI is InChI=1S/C24H31NO2/c1-23(2,3)25-14-12-24(13-15-25)11-10-21-16-20(8-9-22(21)27-24)19-6-4-18(17-26)5-7-19/h4-9,16,26H,10-15,17H2,1-3H3. The Morgan fingerprint density at radius 3 is 2.26 bits per heavy atom. The Labute approximate surface area is 163 Å². The number of likely N-dealkylation sites (tertiary alicyclic amines) is 1. The maximum absolute atomic E-state index is 9.22. The molecule has 0 unspecified atom stereocenters. The summed E-state index contributed by atoms with van der Waals surface area (Å²) in [5.41, 5.74) is 4.95. The summed E-state index contributed by atoms with van der Waals surface area (Å²) in [6, 6.07) is 14.7. The first-order chi connectivity index (χ1) is 12.9. The normalized spacial score (nSPS) is 19.6. The van der Waals surface area contributed by atoms with Crippen LogP contribution in [0.1, 0.15) is 51.2 Å². The molecule has 0 atom stereocenters. The maximum atomic E-state index is 9.22. The van der Waals surface area contributed by atoms with Crippen molar-refractivity contribution in [2.24, 2.45) is 0 Å². The first-order valence-corrected chi connectivity index (χ1v) is 10.2. The molecule has 0 aromatic heterocycles. The van der Waals surface area contributed by atoms with E-state index < -0.39 is 0 Å². The van der Waals surface area contributed by atoms with Gasteiger partial charge < -0.3 is 9.84 Å². The summed E-state index contributed by atoms with van der Waals surface area (Å²) in [6.07, 6.45) is 4.44. The topological polar surface area (TPSA) is 32.7 Å². The second-order valence-corrected chi connectivity index (χ2v) is 9.12. The van der Waals surface area contributed by atoms with Gasteiger partial charge in [-0.3, -0.25) is 4.90 Å². The highest BCUT2D eigenvalue weighted by molar-refractivity contribution is 5.66. The molecule has 1 fully saturated rings. The second kappa shape index (κ2) is 6.96. The molecule has 3 heteroatoms. The van der Waals surface area contributed by atoms with Gasteiger partial charge in [0.2, 0.25) is 0 Å². The largest absolute Gasteiger partial charge is 0.487 e. The van der Waals surface area contributed by atoms with Crippen molar-refractivity contribution in [3.05, 3.63) is 53.6 Å². The number of rotatable bonds is 2. The molecule has 0 amide bonds. The molecule has 27 heavy (non-hydrogen) atoms. The van der Waals surface area contributed by atoms with Crippen molar-refractivity contribution < 1.29 is 9.84 Å². The molecule has 4 rings (SSSR count). The highest BCUT2D eigenvalue weighted by atomic mass is 16.5. The van der Waals surface area contributed by atoms with Gasteiger partial charge in [0.1, 0.15) is 11.4 Å². The summed E-state index contributed by atoms with van der Waals surface area (Å²) in [7, 11) is 0. The number of aliphatic hydroxyl groups is 1. The van der Waals surface area contributed by atoms with E-state index in [-0.39, 0.29) is 17.7 Å². The van der Waals surface area contributed by atoms with Crippen LogP contribution in [0.5, 0.6) is 5.75 Å². The van der Waals surface area contributed by atoms with Crippen molar-refractivity contribution in [1.82, 2.24) is 4.90 Å². The molecule has 2 aliphatic rings. The van der Waals surface area contributed by atoms with Gasteiger partial charge in [-0.25, -0.2) is 0 Å². The number of fused-ring (bicyclic) bond motifs is 1. The molecule has 2 heterocycles. The third kappa shape index (κ3) is 3.76. The van der Waals surface area contributed by atoms with Gasteiger partial charge in [0.15, 0.2) is 0 Å². The third-order valence-electron chi connectivity index (χ3n) is 6.33. The lowest BCUT2D eigenvalue weighted by Gasteiger charge is -2.48. The van der Waals surface area contributed by atoms with E-state index in [0.717, 1.165) is 50.1 Å². The summed E-state index contributed by atoms with van der Waals surface area (Å²) in [5.74, 6) is 1.07. The molecule has 2 aliphatic heterocycles. The quantitative estimate of drug-likeness (QED) is 0.829.